The predicted molar refractivity (Wildman–Crippen MR) is 88.5 cm³/mol. The number of anilines is 1. The molecule has 2 aromatic carbocycles. The van der Waals surface area contributed by atoms with E-state index in [2.05, 4.69) is 4.72 Å². The van der Waals surface area contributed by atoms with Gasteiger partial charge in [0.25, 0.3) is 0 Å². The highest BCUT2D eigenvalue weighted by atomic mass is 32.2. The van der Waals surface area contributed by atoms with Crippen molar-refractivity contribution in [1.29, 1.82) is 0 Å². The Morgan fingerprint density at radius 1 is 1.00 bits per heavy atom. The molecular weight excluding hydrogens is 312 g/mol. The van der Waals surface area contributed by atoms with Crippen LogP contribution >= 0.6 is 0 Å². The molecule has 6 heteroatoms. The lowest BCUT2D eigenvalue weighted by atomic mass is 10.1. The molecule has 0 aromatic heterocycles. The van der Waals surface area contributed by atoms with Crippen LogP contribution in [0.2, 0.25) is 0 Å². The van der Waals surface area contributed by atoms with Gasteiger partial charge in [-0.2, -0.15) is 0 Å². The fourth-order valence-corrected chi connectivity index (χ4v) is 3.82. The number of amides is 1. The second kappa shape index (κ2) is 6.52. The topological polar surface area (TPSA) is 66.5 Å². The first-order valence-corrected chi connectivity index (χ1v) is 8.95. The van der Waals surface area contributed by atoms with Gasteiger partial charge in [0.15, 0.2) is 0 Å². The van der Waals surface area contributed by atoms with Gasteiger partial charge in [0, 0.05) is 25.2 Å². The fourth-order valence-electron chi connectivity index (χ4n) is 2.69. The zero-order valence-corrected chi connectivity index (χ0v) is 13.4. The zero-order chi connectivity index (χ0) is 16.3. The second-order valence-corrected chi connectivity index (χ2v) is 7.34. The Labute approximate surface area is 136 Å². The molecule has 1 aliphatic rings. The van der Waals surface area contributed by atoms with Crippen molar-refractivity contribution < 1.29 is 13.2 Å². The molecule has 1 N–H and O–H groups in total. The van der Waals surface area contributed by atoms with Crippen molar-refractivity contribution in [1.82, 2.24) is 4.72 Å². The molecule has 1 atom stereocenters. The summed E-state index contributed by atoms with van der Waals surface area (Å²) in [6.07, 6.45) is 0.353. The minimum Gasteiger partial charge on any atom is -0.312 e. The van der Waals surface area contributed by atoms with E-state index in [1.807, 2.05) is 30.3 Å². The maximum absolute atomic E-state index is 12.2. The van der Waals surface area contributed by atoms with Crippen LogP contribution in [0, 0.1) is 5.92 Å². The van der Waals surface area contributed by atoms with Crippen LogP contribution in [-0.2, 0) is 14.8 Å². The Bertz CT molecular complexity index is 776. The second-order valence-electron chi connectivity index (χ2n) is 5.57. The van der Waals surface area contributed by atoms with Gasteiger partial charge in [-0.1, -0.05) is 36.4 Å². The molecule has 0 radical (unpaired) electrons. The SMILES string of the molecule is O=C1C[C@@H](CNS(=O)(=O)c2ccccc2)CN1c1ccccc1. The van der Waals surface area contributed by atoms with Crippen molar-refractivity contribution in [3.63, 3.8) is 0 Å². The quantitative estimate of drug-likeness (QED) is 0.912. The number of carbonyl (C=O) groups excluding carboxylic acids is 1. The molecule has 1 aliphatic heterocycles. The number of hydrogen-bond acceptors (Lipinski definition) is 3. The molecule has 5 nitrogen and oxygen atoms in total. The molecule has 0 spiro atoms. The van der Waals surface area contributed by atoms with Gasteiger partial charge in [0.1, 0.15) is 0 Å². The molecule has 2 aromatic rings. The van der Waals surface area contributed by atoms with Gasteiger partial charge in [0.2, 0.25) is 15.9 Å². The molecule has 1 amide bonds. The number of nitrogens with one attached hydrogen (secondary N) is 1. The fraction of sp³-hybridized carbons (Fsp3) is 0.235. The summed E-state index contributed by atoms with van der Waals surface area (Å²) in [4.78, 5) is 14.1. The Balaban J connectivity index is 1.63. The van der Waals surface area contributed by atoms with Gasteiger partial charge in [-0.05, 0) is 30.2 Å². The van der Waals surface area contributed by atoms with E-state index in [1.165, 1.54) is 0 Å². The minimum atomic E-state index is -3.53. The van der Waals surface area contributed by atoms with E-state index in [0.29, 0.717) is 13.0 Å². The normalized spacial score (nSPS) is 18.3. The molecule has 23 heavy (non-hydrogen) atoms. The van der Waals surface area contributed by atoms with Gasteiger partial charge < -0.3 is 4.90 Å². The predicted octanol–water partition coefficient (Wildman–Crippen LogP) is 2.02. The van der Waals surface area contributed by atoms with Crippen molar-refractivity contribution >= 4 is 21.6 Å². The zero-order valence-electron chi connectivity index (χ0n) is 12.6. The van der Waals surface area contributed by atoms with E-state index in [0.717, 1.165) is 5.69 Å². The van der Waals surface area contributed by atoms with E-state index in [9.17, 15) is 13.2 Å². The Morgan fingerprint density at radius 3 is 2.26 bits per heavy atom. The molecule has 1 fully saturated rings. The van der Waals surface area contributed by atoms with Crippen LogP contribution in [0.4, 0.5) is 5.69 Å². The van der Waals surface area contributed by atoms with E-state index >= 15 is 0 Å². The van der Waals surface area contributed by atoms with Crippen LogP contribution in [0.15, 0.2) is 65.6 Å². The molecule has 0 unspecified atom stereocenters. The Kier molecular flexibility index (Phi) is 4.45. The average molecular weight is 330 g/mol. The number of hydrogen-bond donors (Lipinski definition) is 1. The highest BCUT2D eigenvalue weighted by molar-refractivity contribution is 7.89. The van der Waals surface area contributed by atoms with Gasteiger partial charge in [-0.25, -0.2) is 13.1 Å². The molecule has 0 bridgehead atoms. The summed E-state index contributed by atoms with van der Waals surface area (Å²) in [5, 5.41) is 0. The van der Waals surface area contributed by atoms with Crippen molar-refractivity contribution in [3.8, 4) is 0 Å². The molecule has 0 aliphatic carbocycles. The molecule has 1 heterocycles. The van der Waals surface area contributed by atoms with E-state index in [4.69, 9.17) is 0 Å². The first-order valence-electron chi connectivity index (χ1n) is 7.46. The number of nitrogens with zero attached hydrogens (tertiary/aromatic N) is 1. The summed E-state index contributed by atoms with van der Waals surface area (Å²) >= 11 is 0. The van der Waals surface area contributed by atoms with E-state index in [-0.39, 0.29) is 23.3 Å². The molecule has 0 saturated carbocycles. The third-order valence-electron chi connectivity index (χ3n) is 3.89. The molecule has 3 rings (SSSR count). The maximum atomic E-state index is 12.2. The van der Waals surface area contributed by atoms with Crippen LogP contribution in [-0.4, -0.2) is 27.4 Å². The lowest BCUT2D eigenvalue weighted by Gasteiger charge is -2.16. The first-order chi connectivity index (χ1) is 11.1. The van der Waals surface area contributed by atoms with Crippen molar-refractivity contribution in [2.24, 2.45) is 5.92 Å². The minimum absolute atomic E-state index is 0.0267. The summed E-state index contributed by atoms with van der Waals surface area (Å²) in [6, 6.07) is 17.7. The number of sulfonamides is 1. The largest absolute Gasteiger partial charge is 0.312 e. The highest BCUT2D eigenvalue weighted by Crippen LogP contribution is 2.24. The third kappa shape index (κ3) is 3.60. The van der Waals surface area contributed by atoms with Crippen molar-refractivity contribution in [3.05, 3.63) is 60.7 Å². The summed E-state index contributed by atoms with van der Waals surface area (Å²) < 4.78 is 27.0. The molecule has 120 valence electrons. The van der Waals surface area contributed by atoms with Crippen LogP contribution in [0.3, 0.4) is 0 Å². The van der Waals surface area contributed by atoms with E-state index < -0.39 is 10.0 Å². The lowest BCUT2D eigenvalue weighted by Crippen LogP contribution is -2.31. The maximum Gasteiger partial charge on any atom is 0.240 e. The lowest BCUT2D eigenvalue weighted by molar-refractivity contribution is -0.117. The Hall–Kier alpha value is -2.18. The van der Waals surface area contributed by atoms with Gasteiger partial charge in [-0.15, -0.1) is 0 Å². The third-order valence-corrected chi connectivity index (χ3v) is 5.33. The Morgan fingerprint density at radius 2 is 1.61 bits per heavy atom. The number of rotatable bonds is 5. The average Bonchev–Trinajstić information content (AvgIpc) is 2.96. The van der Waals surface area contributed by atoms with Crippen LogP contribution in [0.25, 0.3) is 0 Å². The molecular formula is C17H18N2O3S. The van der Waals surface area contributed by atoms with Crippen molar-refractivity contribution in [2.45, 2.75) is 11.3 Å². The van der Waals surface area contributed by atoms with Crippen molar-refractivity contribution in [2.75, 3.05) is 18.0 Å². The van der Waals surface area contributed by atoms with Gasteiger partial charge in [0.05, 0.1) is 4.90 Å². The van der Waals surface area contributed by atoms with Crippen LogP contribution < -0.4 is 9.62 Å². The monoisotopic (exact) mass is 330 g/mol. The number of benzene rings is 2. The van der Waals surface area contributed by atoms with Crippen LogP contribution in [0.5, 0.6) is 0 Å². The summed E-state index contributed by atoms with van der Waals surface area (Å²) in [6.45, 7) is 0.784. The van der Waals surface area contributed by atoms with Crippen LogP contribution in [0.1, 0.15) is 6.42 Å². The summed E-state index contributed by atoms with van der Waals surface area (Å²) in [7, 11) is -3.53. The van der Waals surface area contributed by atoms with Gasteiger partial charge in [-0.3, -0.25) is 4.79 Å². The number of carbonyl (C=O) groups is 1. The van der Waals surface area contributed by atoms with E-state index in [1.54, 1.807) is 35.2 Å². The molecule has 1 saturated heterocycles. The standard InChI is InChI=1S/C17H18N2O3S/c20-17-11-14(13-19(17)15-7-3-1-4-8-15)12-18-23(21,22)16-9-5-2-6-10-16/h1-10,14,18H,11-13H2/t14-/m0/s1. The summed E-state index contributed by atoms with van der Waals surface area (Å²) in [5.41, 5.74) is 0.853. The summed E-state index contributed by atoms with van der Waals surface area (Å²) in [5.74, 6) is 0.00121. The highest BCUT2D eigenvalue weighted by Gasteiger charge is 2.31. The van der Waals surface area contributed by atoms with Gasteiger partial charge >= 0.3 is 0 Å². The number of para-hydroxylation sites is 1. The smallest absolute Gasteiger partial charge is 0.240 e. The first kappa shape index (κ1) is 15.7.